The Morgan fingerprint density at radius 1 is 1.52 bits per heavy atom. The number of nitrogen functional groups attached to an aromatic ring is 1. The molecule has 1 fully saturated rings. The first-order valence-corrected chi connectivity index (χ1v) is 6.38. The van der Waals surface area contributed by atoms with Crippen molar-refractivity contribution in [3.8, 4) is 0 Å². The van der Waals surface area contributed by atoms with E-state index in [1.165, 1.54) is 12.1 Å². The lowest BCUT2D eigenvalue weighted by Crippen LogP contribution is -2.36. The highest BCUT2D eigenvalue weighted by molar-refractivity contribution is 6.03. The number of rotatable bonds is 1. The molecule has 6 nitrogen and oxygen atoms in total. The Morgan fingerprint density at radius 3 is 3.05 bits per heavy atom. The number of aromatic nitrogens is 2. The average molecular weight is 289 g/mol. The molecule has 1 aliphatic carbocycles. The minimum absolute atomic E-state index is 0.0617. The van der Waals surface area contributed by atoms with Crippen LogP contribution < -0.4 is 11.3 Å². The minimum Gasteiger partial charge on any atom is -0.398 e. The maximum Gasteiger partial charge on any atom is 0.264 e. The maximum atomic E-state index is 13.0. The third-order valence-corrected chi connectivity index (χ3v) is 3.48. The second-order valence-corrected chi connectivity index (χ2v) is 4.85. The van der Waals surface area contributed by atoms with Gasteiger partial charge in [0, 0.05) is 14.8 Å². The zero-order valence-corrected chi connectivity index (χ0v) is 11.0. The van der Waals surface area contributed by atoms with Crippen molar-refractivity contribution in [2.45, 2.75) is 32.2 Å². The van der Waals surface area contributed by atoms with E-state index < -0.39 is 30.7 Å². The predicted molar refractivity (Wildman–Crippen MR) is 78.1 cm³/mol. The number of carbonyl (C=O) groups excluding carboxylic acids is 2. The number of anilines is 1. The predicted octanol–water partition coefficient (Wildman–Crippen LogP) is 1.15. The van der Waals surface area contributed by atoms with Gasteiger partial charge in [-0.15, -0.1) is 0 Å². The topological polar surface area (TPSA) is 95.0 Å². The van der Waals surface area contributed by atoms with E-state index >= 15 is 0 Å². The molecule has 108 valence electrons. The van der Waals surface area contributed by atoms with Crippen LogP contribution in [0.2, 0.25) is 0 Å². The summed E-state index contributed by atoms with van der Waals surface area (Å²) in [4.78, 5) is 40.9. The van der Waals surface area contributed by atoms with Gasteiger partial charge in [-0.25, -0.2) is 4.98 Å². The third kappa shape index (κ3) is 2.12. The zero-order valence-electron chi connectivity index (χ0n) is 15.0. The summed E-state index contributed by atoms with van der Waals surface area (Å²) in [6.45, 7) is -1.72. The lowest BCUT2D eigenvalue weighted by Gasteiger charge is -2.24. The highest BCUT2D eigenvalue weighted by Gasteiger charge is 2.30. The first-order valence-electron chi connectivity index (χ1n) is 8.54. The van der Waals surface area contributed by atoms with Crippen LogP contribution in [0.1, 0.15) is 36.6 Å². The fraction of sp³-hybridized carbons (Fsp3) is 0.333. The van der Waals surface area contributed by atoms with Gasteiger partial charge in [-0.05, 0) is 25.4 Å². The van der Waals surface area contributed by atoms with Crippen molar-refractivity contribution in [1.29, 1.82) is 0 Å². The molecule has 0 radical (unpaired) electrons. The standard InChI is InChI=1S/C15H15N3O3/c1-8-17-11-4-2-3-10(16)14(11)15(21)18(8)12-6-5-9(19)7-13(12)20/h2-4,12H,5-7,16H2,1H3/i1D2,3D,12D. The first-order chi connectivity index (χ1) is 11.7. The van der Waals surface area contributed by atoms with Crippen molar-refractivity contribution in [3.63, 3.8) is 0 Å². The number of fused-ring (bicyclic) bond motifs is 1. The number of benzene rings is 1. The van der Waals surface area contributed by atoms with Crippen LogP contribution in [0.25, 0.3) is 10.9 Å². The largest absolute Gasteiger partial charge is 0.398 e. The van der Waals surface area contributed by atoms with Crippen LogP contribution in [0.4, 0.5) is 5.69 Å². The summed E-state index contributed by atoms with van der Waals surface area (Å²) in [5, 5.41) is -0.131. The van der Waals surface area contributed by atoms with E-state index in [0.29, 0.717) is 4.57 Å². The summed E-state index contributed by atoms with van der Waals surface area (Å²) in [6.07, 6.45) is -0.784. The van der Waals surface area contributed by atoms with Crippen molar-refractivity contribution in [1.82, 2.24) is 9.55 Å². The Balaban J connectivity index is 2.41. The summed E-state index contributed by atoms with van der Waals surface area (Å²) < 4.78 is 32.2. The molecule has 6 heteroatoms. The van der Waals surface area contributed by atoms with E-state index in [-0.39, 0.29) is 47.1 Å². The number of ketones is 2. The monoisotopic (exact) mass is 289 g/mol. The summed E-state index contributed by atoms with van der Waals surface area (Å²) in [6, 6.07) is 0.478. The molecule has 2 aromatic rings. The molecule has 21 heavy (non-hydrogen) atoms. The van der Waals surface area contributed by atoms with Gasteiger partial charge in [-0.2, -0.15) is 0 Å². The molecule has 3 rings (SSSR count). The highest BCUT2D eigenvalue weighted by atomic mass is 16.2. The molecule has 0 saturated heterocycles. The Morgan fingerprint density at radius 2 is 2.33 bits per heavy atom. The van der Waals surface area contributed by atoms with Crippen molar-refractivity contribution in [2.75, 3.05) is 5.73 Å². The first kappa shape index (κ1) is 9.44. The molecule has 1 heterocycles. The Labute approximate surface area is 126 Å². The average Bonchev–Trinajstić information content (AvgIpc) is 2.54. The molecule has 1 aliphatic rings. The van der Waals surface area contributed by atoms with Gasteiger partial charge in [0.05, 0.1) is 26.1 Å². The summed E-state index contributed by atoms with van der Waals surface area (Å²) >= 11 is 0. The van der Waals surface area contributed by atoms with Gasteiger partial charge in [-0.3, -0.25) is 19.0 Å². The van der Waals surface area contributed by atoms with E-state index in [2.05, 4.69) is 4.98 Å². The van der Waals surface area contributed by atoms with Crippen LogP contribution in [-0.2, 0) is 9.59 Å². The number of nitrogens with zero attached hydrogens (tertiary/aromatic N) is 2. The molecule has 0 bridgehead atoms. The van der Waals surface area contributed by atoms with Gasteiger partial charge in [-0.1, -0.05) is 6.07 Å². The molecule has 2 N–H and O–H groups in total. The number of hydrogen-bond acceptors (Lipinski definition) is 5. The SMILES string of the molecule is [2H]c1ccc2nc(C([2H])[2H])n(C3([2H])CCC(=O)CC3=O)c(=O)c2c1N. The molecule has 1 atom stereocenters. The molecular weight excluding hydrogens is 270 g/mol. The molecule has 1 aromatic carbocycles. The van der Waals surface area contributed by atoms with E-state index in [4.69, 9.17) is 11.2 Å². The van der Waals surface area contributed by atoms with Crippen LogP contribution in [0.15, 0.2) is 23.0 Å². The number of hydrogen-bond donors (Lipinski definition) is 1. The van der Waals surface area contributed by atoms with Crippen molar-refractivity contribution >= 4 is 28.2 Å². The van der Waals surface area contributed by atoms with E-state index in [1.54, 1.807) is 0 Å². The van der Waals surface area contributed by atoms with E-state index in [0.717, 1.165) is 0 Å². The van der Waals surface area contributed by atoms with E-state index in [1.807, 2.05) is 0 Å². The lowest BCUT2D eigenvalue weighted by molar-refractivity contribution is -0.132. The van der Waals surface area contributed by atoms with Gasteiger partial charge >= 0.3 is 0 Å². The summed E-state index contributed by atoms with van der Waals surface area (Å²) in [5.74, 6) is -1.47. The fourth-order valence-electron chi connectivity index (χ4n) is 2.48. The lowest BCUT2D eigenvalue weighted by atomic mass is 9.92. The molecule has 1 saturated carbocycles. The normalized spacial score (nSPS) is 25.6. The molecule has 0 aliphatic heterocycles. The molecule has 0 amide bonds. The molecule has 0 spiro atoms. The number of aryl methyl sites for hydroxylation is 1. The molecular formula is C15H15N3O3. The van der Waals surface area contributed by atoms with Crippen molar-refractivity contribution in [2.24, 2.45) is 0 Å². The van der Waals surface area contributed by atoms with Crippen LogP contribution >= 0.6 is 0 Å². The fourth-order valence-corrected chi connectivity index (χ4v) is 2.48. The third-order valence-electron chi connectivity index (χ3n) is 3.48. The van der Waals surface area contributed by atoms with Crippen LogP contribution in [-0.4, -0.2) is 21.1 Å². The van der Waals surface area contributed by atoms with Gasteiger partial charge in [0.2, 0.25) is 0 Å². The maximum absolute atomic E-state index is 13.0. The summed E-state index contributed by atoms with van der Waals surface area (Å²) in [5.41, 5.74) is 4.90. The number of carbonyl (C=O) groups is 2. The molecule has 1 aromatic heterocycles. The quantitative estimate of drug-likeness (QED) is 0.627. The van der Waals surface area contributed by atoms with Gasteiger partial charge < -0.3 is 5.73 Å². The minimum atomic E-state index is -2.12. The Bertz CT molecular complexity index is 973. The smallest absolute Gasteiger partial charge is 0.264 e. The van der Waals surface area contributed by atoms with Crippen molar-refractivity contribution < 1.29 is 15.1 Å². The van der Waals surface area contributed by atoms with Gasteiger partial charge in [0.1, 0.15) is 11.6 Å². The van der Waals surface area contributed by atoms with E-state index in [9.17, 15) is 14.4 Å². The van der Waals surface area contributed by atoms with Crippen molar-refractivity contribution in [3.05, 3.63) is 34.4 Å². The van der Waals surface area contributed by atoms with Crippen LogP contribution in [0, 0.1) is 6.88 Å². The molecule has 1 unspecified atom stereocenters. The Kier molecular flexibility index (Phi) is 2.16. The second-order valence-electron chi connectivity index (χ2n) is 4.85. The Hall–Kier alpha value is -2.50. The van der Waals surface area contributed by atoms with Gasteiger partial charge in [0.25, 0.3) is 5.56 Å². The van der Waals surface area contributed by atoms with Crippen LogP contribution in [0.3, 0.4) is 0 Å². The van der Waals surface area contributed by atoms with Gasteiger partial charge in [0.15, 0.2) is 5.78 Å². The summed E-state index contributed by atoms with van der Waals surface area (Å²) in [7, 11) is 0. The number of nitrogens with two attached hydrogens (primary N) is 1. The van der Waals surface area contributed by atoms with Crippen LogP contribution in [0.5, 0.6) is 0 Å². The second kappa shape index (κ2) is 4.80. The number of Topliss-reactive ketones (excluding diaryl/α,β-unsaturated/α-hetero) is 2. The zero-order chi connectivity index (χ0) is 18.5. The highest BCUT2D eigenvalue weighted by Crippen LogP contribution is 2.24.